The molecule has 0 radical (unpaired) electrons. The molecule has 0 amide bonds. The van der Waals surface area contributed by atoms with Gasteiger partial charge in [0.2, 0.25) is 0 Å². The molecule has 0 saturated heterocycles. The second-order valence-corrected chi connectivity index (χ2v) is 7.99. The molecule has 6 heteroatoms. The first-order chi connectivity index (χ1) is 14.7. The van der Waals surface area contributed by atoms with Crippen molar-refractivity contribution < 1.29 is 14.4 Å². The Bertz CT molecular complexity index is 929. The first-order valence-electron chi connectivity index (χ1n) is 10.4. The zero-order valence-corrected chi connectivity index (χ0v) is 17.4. The summed E-state index contributed by atoms with van der Waals surface area (Å²) in [6.07, 6.45) is 2.09. The SMILES string of the molecule is CN(Cc1ccon1)Cc1ccccc1OC[C@H](O)CN1CCc2ccccc2C1. The summed E-state index contributed by atoms with van der Waals surface area (Å²) in [6, 6.07) is 18.4. The zero-order chi connectivity index (χ0) is 20.8. The van der Waals surface area contributed by atoms with Crippen molar-refractivity contribution in [1.82, 2.24) is 15.0 Å². The zero-order valence-electron chi connectivity index (χ0n) is 17.4. The van der Waals surface area contributed by atoms with Gasteiger partial charge in [0.15, 0.2) is 0 Å². The first kappa shape index (κ1) is 20.6. The fourth-order valence-corrected chi connectivity index (χ4v) is 3.96. The third-order valence-corrected chi connectivity index (χ3v) is 5.45. The number of β-amino-alcohol motifs (C(OH)–C–C–N with tert-alkyl or cyclic N) is 1. The predicted molar refractivity (Wildman–Crippen MR) is 115 cm³/mol. The second kappa shape index (κ2) is 9.89. The molecule has 2 heterocycles. The molecule has 1 aliphatic heterocycles. The van der Waals surface area contributed by atoms with E-state index in [1.165, 1.54) is 11.1 Å². The van der Waals surface area contributed by atoms with Crippen LogP contribution in [0.25, 0.3) is 0 Å². The van der Waals surface area contributed by atoms with Crippen molar-refractivity contribution in [2.45, 2.75) is 32.2 Å². The summed E-state index contributed by atoms with van der Waals surface area (Å²) in [5.41, 5.74) is 4.76. The summed E-state index contributed by atoms with van der Waals surface area (Å²) in [7, 11) is 2.04. The van der Waals surface area contributed by atoms with E-state index < -0.39 is 6.10 Å². The first-order valence-corrected chi connectivity index (χ1v) is 10.4. The molecular formula is C24H29N3O3. The van der Waals surface area contributed by atoms with Gasteiger partial charge < -0.3 is 14.4 Å². The van der Waals surface area contributed by atoms with E-state index in [0.29, 0.717) is 13.1 Å². The van der Waals surface area contributed by atoms with Crippen molar-refractivity contribution in [3.05, 3.63) is 83.2 Å². The molecule has 1 atom stereocenters. The molecule has 158 valence electrons. The second-order valence-electron chi connectivity index (χ2n) is 7.99. The Kier molecular flexibility index (Phi) is 6.79. The number of para-hydroxylation sites is 1. The number of nitrogens with zero attached hydrogens (tertiary/aromatic N) is 3. The Labute approximate surface area is 177 Å². The number of fused-ring (bicyclic) bond motifs is 1. The van der Waals surface area contributed by atoms with Crippen LogP contribution >= 0.6 is 0 Å². The highest BCUT2D eigenvalue weighted by atomic mass is 16.5. The standard InChI is InChI=1S/C24H29N3O3/c1-26(16-22-11-13-30-25-22)14-21-8-4-5-9-24(21)29-18-23(28)17-27-12-10-19-6-2-3-7-20(19)15-27/h2-9,11,13,23,28H,10,12,14-18H2,1H3/t23-/m1/s1. The molecule has 30 heavy (non-hydrogen) atoms. The van der Waals surface area contributed by atoms with Crippen LogP contribution in [-0.4, -0.2) is 52.9 Å². The number of aromatic nitrogens is 1. The Balaban J connectivity index is 1.28. The average molecular weight is 408 g/mol. The van der Waals surface area contributed by atoms with E-state index in [1.54, 1.807) is 6.26 Å². The minimum absolute atomic E-state index is 0.280. The highest BCUT2D eigenvalue weighted by Crippen LogP contribution is 2.21. The summed E-state index contributed by atoms with van der Waals surface area (Å²) in [5.74, 6) is 0.813. The van der Waals surface area contributed by atoms with Gasteiger partial charge in [0.25, 0.3) is 0 Å². The molecule has 0 bridgehead atoms. The quantitative estimate of drug-likeness (QED) is 0.588. The molecule has 0 spiro atoms. The molecule has 0 saturated carbocycles. The van der Waals surface area contributed by atoms with Crippen LogP contribution in [0, 0.1) is 0 Å². The fourth-order valence-electron chi connectivity index (χ4n) is 3.96. The molecule has 0 fully saturated rings. The monoisotopic (exact) mass is 407 g/mol. The molecule has 0 aliphatic carbocycles. The van der Waals surface area contributed by atoms with Crippen LogP contribution in [0.4, 0.5) is 0 Å². The maximum absolute atomic E-state index is 10.6. The lowest BCUT2D eigenvalue weighted by molar-refractivity contribution is 0.0632. The van der Waals surface area contributed by atoms with E-state index in [2.05, 4.69) is 45.3 Å². The van der Waals surface area contributed by atoms with Crippen LogP contribution in [0.1, 0.15) is 22.4 Å². The third kappa shape index (κ3) is 5.48. The lowest BCUT2D eigenvalue weighted by Gasteiger charge is -2.30. The van der Waals surface area contributed by atoms with Crippen molar-refractivity contribution in [3.63, 3.8) is 0 Å². The van der Waals surface area contributed by atoms with E-state index in [4.69, 9.17) is 9.26 Å². The van der Waals surface area contributed by atoms with Crippen molar-refractivity contribution in [3.8, 4) is 5.75 Å². The minimum atomic E-state index is -0.531. The van der Waals surface area contributed by atoms with E-state index in [9.17, 15) is 5.11 Å². The van der Waals surface area contributed by atoms with Crippen LogP contribution < -0.4 is 4.74 Å². The lowest BCUT2D eigenvalue weighted by atomic mass is 10.00. The maximum Gasteiger partial charge on any atom is 0.124 e. The van der Waals surface area contributed by atoms with Crippen LogP contribution in [-0.2, 0) is 26.1 Å². The van der Waals surface area contributed by atoms with Gasteiger partial charge in [-0.2, -0.15) is 0 Å². The smallest absolute Gasteiger partial charge is 0.124 e. The van der Waals surface area contributed by atoms with Gasteiger partial charge in [-0.1, -0.05) is 47.6 Å². The van der Waals surface area contributed by atoms with Crippen molar-refractivity contribution >= 4 is 0 Å². The van der Waals surface area contributed by atoms with Crippen molar-refractivity contribution in [2.75, 3.05) is 26.7 Å². The van der Waals surface area contributed by atoms with Gasteiger partial charge in [0, 0.05) is 44.4 Å². The Morgan fingerprint density at radius 2 is 1.90 bits per heavy atom. The Morgan fingerprint density at radius 1 is 1.10 bits per heavy atom. The van der Waals surface area contributed by atoms with Crippen LogP contribution in [0.2, 0.25) is 0 Å². The van der Waals surface area contributed by atoms with Gasteiger partial charge in [-0.15, -0.1) is 0 Å². The molecular weight excluding hydrogens is 378 g/mol. The van der Waals surface area contributed by atoms with Gasteiger partial charge >= 0.3 is 0 Å². The molecule has 1 aliphatic rings. The molecule has 4 rings (SSSR count). The number of aliphatic hydroxyl groups is 1. The van der Waals surface area contributed by atoms with Gasteiger partial charge in [0.05, 0.1) is 5.69 Å². The molecule has 2 aromatic carbocycles. The van der Waals surface area contributed by atoms with Gasteiger partial charge in [-0.05, 0) is 30.7 Å². The van der Waals surface area contributed by atoms with Crippen LogP contribution in [0.3, 0.4) is 0 Å². The van der Waals surface area contributed by atoms with E-state index >= 15 is 0 Å². The molecule has 3 aromatic rings. The number of hydrogen-bond acceptors (Lipinski definition) is 6. The average Bonchev–Trinajstić information content (AvgIpc) is 3.26. The molecule has 6 nitrogen and oxygen atoms in total. The molecule has 0 unspecified atom stereocenters. The summed E-state index contributed by atoms with van der Waals surface area (Å²) < 4.78 is 10.9. The van der Waals surface area contributed by atoms with Crippen molar-refractivity contribution in [2.24, 2.45) is 0 Å². The van der Waals surface area contributed by atoms with E-state index in [0.717, 1.165) is 43.1 Å². The fraction of sp³-hybridized carbons (Fsp3) is 0.375. The van der Waals surface area contributed by atoms with Gasteiger partial charge in [0.1, 0.15) is 24.7 Å². The Morgan fingerprint density at radius 3 is 2.73 bits per heavy atom. The van der Waals surface area contributed by atoms with Gasteiger partial charge in [-0.25, -0.2) is 0 Å². The minimum Gasteiger partial charge on any atom is -0.491 e. The summed E-state index contributed by atoms with van der Waals surface area (Å²) in [4.78, 5) is 4.45. The number of ether oxygens (including phenoxy) is 1. The summed E-state index contributed by atoms with van der Waals surface area (Å²) in [6.45, 7) is 4.17. The number of hydrogen-bond donors (Lipinski definition) is 1. The third-order valence-electron chi connectivity index (χ3n) is 5.45. The number of benzene rings is 2. The topological polar surface area (TPSA) is 62.0 Å². The normalized spacial score (nSPS) is 15.2. The summed E-state index contributed by atoms with van der Waals surface area (Å²) in [5, 5.41) is 14.5. The van der Waals surface area contributed by atoms with Crippen molar-refractivity contribution in [1.29, 1.82) is 0 Å². The maximum atomic E-state index is 10.6. The van der Waals surface area contributed by atoms with Gasteiger partial charge in [-0.3, -0.25) is 9.80 Å². The highest BCUT2D eigenvalue weighted by Gasteiger charge is 2.19. The van der Waals surface area contributed by atoms with Crippen LogP contribution in [0.15, 0.2) is 65.4 Å². The predicted octanol–water partition coefficient (Wildman–Crippen LogP) is 3.10. The molecule has 1 aromatic heterocycles. The van der Waals surface area contributed by atoms with E-state index in [1.807, 2.05) is 31.3 Å². The Hall–Kier alpha value is -2.67. The van der Waals surface area contributed by atoms with E-state index in [-0.39, 0.29) is 6.61 Å². The number of rotatable bonds is 9. The van der Waals surface area contributed by atoms with Crippen LogP contribution in [0.5, 0.6) is 5.75 Å². The molecule has 1 N–H and O–H groups in total. The lowest BCUT2D eigenvalue weighted by Crippen LogP contribution is -2.38. The largest absolute Gasteiger partial charge is 0.491 e. The number of aliphatic hydroxyl groups excluding tert-OH is 1. The highest BCUT2D eigenvalue weighted by molar-refractivity contribution is 5.33. The summed E-state index contributed by atoms with van der Waals surface area (Å²) >= 11 is 0.